The maximum atomic E-state index is 10.5. The van der Waals surface area contributed by atoms with Gasteiger partial charge in [-0.1, -0.05) is 72.8 Å². The summed E-state index contributed by atoms with van der Waals surface area (Å²) in [6.07, 6.45) is 3.14. The third kappa shape index (κ3) is 3.76. The summed E-state index contributed by atoms with van der Waals surface area (Å²) in [5.41, 5.74) is 3.74. The van der Waals surface area contributed by atoms with Gasteiger partial charge in [-0.15, -0.1) is 0 Å². The van der Waals surface area contributed by atoms with Gasteiger partial charge < -0.3 is 10.2 Å². The molecule has 0 radical (unpaired) electrons. The number of rotatable bonds is 4. The number of hydrogen-bond donors (Lipinski definition) is 2. The van der Waals surface area contributed by atoms with Crippen LogP contribution in [0.4, 0.5) is 0 Å². The molecule has 0 aliphatic rings. The summed E-state index contributed by atoms with van der Waals surface area (Å²) < 4.78 is 0. The van der Waals surface area contributed by atoms with Crippen LogP contribution in [-0.4, -0.2) is 20.2 Å². The standard InChI is InChI=1S/C24H18N2O2/c27-23(17-9-3-1-4-10-17)15-21-22(16-24(28)18-11-5-2-6-12-18)26-20-14-8-7-13-19(20)25-21/h1-16,27-28H. The van der Waals surface area contributed by atoms with Gasteiger partial charge in [0.25, 0.3) is 0 Å². The molecule has 0 aliphatic carbocycles. The topological polar surface area (TPSA) is 66.2 Å². The highest BCUT2D eigenvalue weighted by molar-refractivity contribution is 5.86. The third-order valence-electron chi connectivity index (χ3n) is 4.31. The van der Waals surface area contributed by atoms with Gasteiger partial charge in [0.2, 0.25) is 0 Å². The van der Waals surface area contributed by atoms with E-state index in [0.29, 0.717) is 33.5 Å². The number of nitrogens with zero attached hydrogens (tertiary/aromatic N) is 2. The van der Waals surface area contributed by atoms with Gasteiger partial charge in [0.05, 0.1) is 22.4 Å². The van der Waals surface area contributed by atoms with Crippen LogP contribution in [-0.2, 0) is 0 Å². The molecular formula is C24H18N2O2. The second kappa shape index (κ2) is 7.76. The van der Waals surface area contributed by atoms with Gasteiger partial charge in [0.1, 0.15) is 11.5 Å². The molecular weight excluding hydrogens is 348 g/mol. The Bertz CT molecular complexity index is 1070. The van der Waals surface area contributed by atoms with Crippen molar-refractivity contribution in [2.24, 2.45) is 0 Å². The van der Waals surface area contributed by atoms with Gasteiger partial charge in [0, 0.05) is 23.3 Å². The Balaban J connectivity index is 1.86. The Morgan fingerprint density at radius 1 is 0.536 bits per heavy atom. The van der Waals surface area contributed by atoms with Crippen LogP contribution in [0.1, 0.15) is 22.5 Å². The minimum absolute atomic E-state index is 0.0824. The van der Waals surface area contributed by atoms with Crippen molar-refractivity contribution in [1.29, 1.82) is 0 Å². The van der Waals surface area contributed by atoms with E-state index in [4.69, 9.17) is 0 Å². The quantitative estimate of drug-likeness (QED) is 0.452. The number of para-hydroxylation sites is 2. The van der Waals surface area contributed by atoms with E-state index in [2.05, 4.69) is 9.97 Å². The Morgan fingerprint density at radius 3 is 1.29 bits per heavy atom. The molecule has 4 aromatic rings. The van der Waals surface area contributed by atoms with E-state index in [-0.39, 0.29) is 11.5 Å². The Morgan fingerprint density at radius 2 is 0.893 bits per heavy atom. The number of aromatic nitrogens is 2. The van der Waals surface area contributed by atoms with E-state index in [0.717, 1.165) is 0 Å². The van der Waals surface area contributed by atoms with E-state index >= 15 is 0 Å². The fourth-order valence-corrected chi connectivity index (χ4v) is 2.88. The summed E-state index contributed by atoms with van der Waals surface area (Å²) in [5, 5.41) is 21.1. The summed E-state index contributed by atoms with van der Waals surface area (Å²) in [4.78, 5) is 9.27. The summed E-state index contributed by atoms with van der Waals surface area (Å²) in [7, 11) is 0. The number of aliphatic hydroxyl groups is 2. The minimum Gasteiger partial charge on any atom is -0.507 e. The molecule has 1 aromatic heterocycles. The highest BCUT2D eigenvalue weighted by Crippen LogP contribution is 2.22. The number of hydrogen-bond acceptors (Lipinski definition) is 4. The van der Waals surface area contributed by atoms with Crippen LogP contribution in [0.15, 0.2) is 84.9 Å². The van der Waals surface area contributed by atoms with Crippen LogP contribution in [0.3, 0.4) is 0 Å². The van der Waals surface area contributed by atoms with Crippen molar-refractivity contribution in [2.45, 2.75) is 0 Å². The van der Waals surface area contributed by atoms with Crippen LogP contribution in [0.5, 0.6) is 0 Å². The highest BCUT2D eigenvalue weighted by Gasteiger charge is 2.09. The molecule has 0 fully saturated rings. The molecule has 0 spiro atoms. The van der Waals surface area contributed by atoms with E-state index in [1.807, 2.05) is 84.9 Å². The number of aliphatic hydroxyl groups excluding tert-OH is 2. The average Bonchev–Trinajstić information content (AvgIpc) is 2.75. The van der Waals surface area contributed by atoms with Crippen molar-refractivity contribution in [3.05, 3.63) is 107 Å². The van der Waals surface area contributed by atoms with Crippen LogP contribution in [0, 0.1) is 0 Å². The molecule has 4 heteroatoms. The fraction of sp³-hybridized carbons (Fsp3) is 0. The Labute approximate surface area is 162 Å². The SMILES string of the molecule is OC(=Cc1nc2ccccc2nc1C=C(O)c1ccccc1)c1ccccc1. The van der Waals surface area contributed by atoms with E-state index in [9.17, 15) is 10.2 Å². The molecule has 0 aliphatic heterocycles. The molecule has 2 N–H and O–H groups in total. The smallest absolute Gasteiger partial charge is 0.125 e. The van der Waals surface area contributed by atoms with Crippen LogP contribution in [0.2, 0.25) is 0 Å². The predicted molar refractivity (Wildman–Crippen MR) is 113 cm³/mol. The molecule has 0 unspecified atom stereocenters. The summed E-state index contributed by atoms with van der Waals surface area (Å²) in [6.45, 7) is 0. The predicted octanol–water partition coefficient (Wildman–Crippen LogP) is 5.74. The molecule has 3 aromatic carbocycles. The van der Waals surface area contributed by atoms with Gasteiger partial charge in [-0.2, -0.15) is 0 Å². The van der Waals surface area contributed by atoms with Gasteiger partial charge in [-0.3, -0.25) is 0 Å². The molecule has 0 saturated heterocycles. The molecule has 0 saturated carbocycles. The first-order valence-corrected chi connectivity index (χ1v) is 8.90. The molecule has 136 valence electrons. The van der Waals surface area contributed by atoms with Crippen molar-refractivity contribution in [3.63, 3.8) is 0 Å². The lowest BCUT2D eigenvalue weighted by Crippen LogP contribution is -1.96. The van der Waals surface area contributed by atoms with Crippen molar-refractivity contribution in [2.75, 3.05) is 0 Å². The number of fused-ring (bicyclic) bond motifs is 1. The van der Waals surface area contributed by atoms with Gasteiger partial charge in [-0.25, -0.2) is 9.97 Å². The average molecular weight is 366 g/mol. The second-order valence-electron chi connectivity index (χ2n) is 6.27. The molecule has 0 amide bonds. The van der Waals surface area contributed by atoms with Crippen molar-refractivity contribution in [1.82, 2.24) is 9.97 Å². The summed E-state index contributed by atoms with van der Waals surface area (Å²) >= 11 is 0. The Kier molecular flexibility index (Phi) is 4.85. The third-order valence-corrected chi connectivity index (χ3v) is 4.31. The first-order valence-electron chi connectivity index (χ1n) is 8.90. The van der Waals surface area contributed by atoms with Crippen LogP contribution in [0.25, 0.3) is 34.7 Å². The lowest BCUT2D eigenvalue weighted by atomic mass is 10.1. The summed E-state index contributed by atoms with van der Waals surface area (Å²) in [6, 6.07) is 26.0. The van der Waals surface area contributed by atoms with E-state index in [1.54, 1.807) is 12.2 Å². The zero-order valence-corrected chi connectivity index (χ0v) is 15.0. The molecule has 28 heavy (non-hydrogen) atoms. The molecule has 1 heterocycles. The Hall–Kier alpha value is -3.92. The largest absolute Gasteiger partial charge is 0.507 e. The van der Waals surface area contributed by atoms with Gasteiger partial charge in [-0.05, 0) is 12.1 Å². The number of benzene rings is 3. The first-order chi connectivity index (χ1) is 13.7. The highest BCUT2D eigenvalue weighted by atomic mass is 16.3. The van der Waals surface area contributed by atoms with Crippen molar-refractivity contribution >= 4 is 34.7 Å². The maximum Gasteiger partial charge on any atom is 0.125 e. The lowest BCUT2D eigenvalue weighted by Gasteiger charge is -2.07. The summed E-state index contributed by atoms with van der Waals surface area (Å²) in [5.74, 6) is 0.165. The van der Waals surface area contributed by atoms with Gasteiger partial charge in [0.15, 0.2) is 0 Å². The maximum absolute atomic E-state index is 10.5. The first kappa shape index (κ1) is 17.5. The van der Waals surface area contributed by atoms with E-state index < -0.39 is 0 Å². The normalized spacial score (nSPS) is 12.3. The van der Waals surface area contributed by atoms with Crippen molar-refractivity contribution < 1.29 is 10.2 Å². The molecule has 4 nitrogen and oxygen atoms in total. The zero-order chi connectivity index (χ0) is 19.3. The molecule has 0 bridgehead atoms. The van der Waals surface area contributed by atoms with Crippen molar-refractivity contribution in [3.8, 4) is 0 Å². The lowest BCUT2D eigenvalue weighted by molar-refractivity contribution is 0.514. The monoisotopic (exact) mass is 366 g/mol. The minimum atomic E-state index is 0.0824. The molecule has 4 rings (SSSR count). The van der Waals surface area contributed by atoms with Crippen LogP contribution >= 0.6 is 0 Å². The zero-order valence-electron chi connectivity index (χ0n) is 15.0. The van der Waals surface area contributed by atoms with Gasteiger partial charge >= 0.3 is 0 Å². The van der Waals surface area contributed by atoms with Crippen LogP contribution < -0.4 is 0 Å². The fourth-order valence-electron chi connectivity index (χ4n) is 2.88. The molecule has 0 atom stereocenters. The second-order valence-corrected chi connectivity index (χ2v) is 6.27. The van der Waals surface area contributed by atoms with E-state index in [1.165, 1.54) is 0 Å².